The SMILES string of the molecule is C#Cc1sc2ncccc2c1NC(C)=O. The predicted octanol–water partition coefficient (Wildman–Crippen LogP) is 2.24. The van der Waals surface area contributed by atoms with Gasteiger partial charge in [-0.1, -0.05) is 5.92 Å². The largest absolute Gasteiger partial charge is 0.324 e. The van der Waals surface area contributed by atoms with Crippen LogP contribution in [-0.2, 0) is 4.79 Å². The number of rotatable bonds is 1. The van der Waals surface area contributed by atoms with Crippen molar-refractivity contribution in [1.82, 2.24) is 4.98 Å². The quantitative estimate of drug-likeness (QED) is 0.743. The predicted molar refractivity (Wildman–Crippen MR) is 61.9 cm³/mol. The van der Waals surface area contributed by atoms with Gasteiger partial charge in [0, 0.05) is 18.5 Å². The monoisotopic (exact) mass is 216 g/mol. The van der Waals surface area contributed by atoms with Gasteiger partial charge in [-0.05, 0) is 12.1 Å². The van der Waals surface area contributed by atoms with Crippen molar-refractivity contribution in [3.05, 3.63) is 23.2 Å². The van der Waals surface area contributed by atoms with E-state index in [1.807, 2.05) is 12.1 Å². The van der Waals surface area contributed by atoms with Gasteiger partial charge in [0.1, 0.15) is 9.71 Å². The van der Waals surface area contributed by atoms with E-state index in [2.05, 4.69) is 16.2 Å². The average Bonchev–Trinajstić information content (AvgIpc) is 2.56. The van der Waals surface area contributed by atoms with Crippen molar-refractivity contribution in [3.63, 3.8) is 0 Å². The van der Waals surface area contributed by atoms with Gasteiger partial charge in [-0.3, -0.25) is 4.79 Å². The molecule has 4 heteroatoms. The van der Waals surface area contributed by atoms with Crippen LogP contribution >= 0.6 is 11.3 Å². The number of pyridine rings is 1. The lowest BCUT2D eigenvalue weighted by Gasteiger charge is -1.99. The second-order valence-electron chi connectivity index (χ2n) is 2.99. The molecule has 2 heterocycles. The van der Waals surface area contributed by atoms with Gasteiger partial charge >= 0.3 is 0 Å². The van der Waals surface area contributed by atoms with E-state index in [0.717, 1.165) is 10.2 Å². The van der Waals surface area contributed by atoms with Crippen LogP contribution in [0.1, 0.15) is 11.8 Å². The van der Waals surface area contributed by atoms with Gasteiger partial charge in [0.2, 0.25) is 5.91 Å². The zero-order chi connectivity index (χ0) is 10.8. The minimum atomic E-state index is -0.130. The first kappa shape index (κ1) is 9.69. The maximum absolute atomic E-state index is 11.0. The highest BCUT2D eigenvalue weighted by Gasteiger charge is 2.11. The van der Waals surface area contributed by atoms with Crippen LogP contribution in [-0.4, -0.2) is 10.9 Å². The van der Waals surface area contributed by atoms with E-state index in [1.165, 1.54) is 18.3 Å². The fourth-order valence-electron chi connectivity index (χ4n) is 1.33. The fraction of sp³-hybridized carbons (Fsp3) is 0.0909. The Balaban J connectivity index is 2.68. The van der Waals surface area contributed by atoms with Gasteiger partial charge in [-0.2, -0.15) is 0 Å². The second kappa shape index (κ2) is 3.71. The van der Waals surface area contributed by atoms with Crippen molar-refractivity contribution >= 4 is 33.1 Å². The third kappa shape index (κ3) is 1.69. The molecule has 15 heavy (non-hydrogen) atoms. The van der Waals surface area contributed by atoms with Crippen LogP contribution in [0.5, 0.6) is 0 Å². The topological polar surface area (TPSA) is 42.0 Å². The lowest BCUT2D eigenvalue weighted by molar-refractivity contribution is -0.114. The summed E-state index contributed by atoms with van der Waals surface area (Å²) in [5, 5.41) is 3.63. The van der Waals surface area contributed by atoms with Crippen molar-refractivity contribution < 1.29 is 4.79 Å². The molecule has 0 aliphatic heterocycles. The van der Waals surface area contributed by atoms with Crippen molar-refractivity contribution in [2.24, 2.45) is 0 Å². The van der Waals surface area contributed by atoms with Gasteiger partial charge < -0.3 is 5.32 Å². The minimum Gasteiger partial charge on any atom is -0.324 e. The number of thiophene rings is 1. The van der Waals surface area contributed by atoms with Crippen LogP contribution in [0.4, 0.5) is 5.69 Å². The number of fused-ring (bicyclic) bond motifs is 1. The highest BCUT2D eigenvalue weighted by atomic mass is 32.1. The molecular formula is C11H8N2OS. The molecule has 3 nitrogen and oxygen atoms in total. The van der Waals surface area contributed by atoms with Crippen molar-refractivity contribution in [2.75, 3.05) is 5.32 Å². The molecule has 0 aliphatic rings. The maximum atomic E-state index is 11.0. The van der Waals surface area contributed by atoms with Crippen molar-refractivity contribution in [2.45, 2.75) is 6.92 Å². The Hall–Kier alpha value is -1.86. The Labute approximate surface area is 91.1 Å². The number of carbonyl (C=O) groups excluding carboxylic acids is 1. The molecule has 2 rings (SSSR count). The van der Waals surface area contributed by atoms with E-state index in [9.17, 15) is 4.79 Å². The Morgan fingerprint density at radius 3 is 3.13 bits per heavy atom. The van der Waals surface area contributed by atoms with Crippen LogP contribution < -0.4 is 5.32 Å². The van der Waals surface area contributed by atoms with Gasteiger partial charge in [0.25, 0.3) is 0 Å². The highest BCUT2D eigenvalue weighted by molar-refractivity contribution is 7.19. The minimum absolute atomic E-state index is 0.130. The molecule has 74 valence electrons. The van der Waals surface area contributed by atoms with E-state index in [4.69, 9.17) is 6.42 Å². The number of aromatic nitrogens is 1. The number of nitrogens with zero attached hydrogens (tertiary/aromatic N) is 1. The molecule has 2 aromatic rings. The molecule has 0 unspecified atom stereocenters. The number of hydrogen-bond donors (Lipinski definition) is 1. The number of anilines is 1. The molecule has 0 aromatic carbocycles. The van der Waals surface area contributed by atoms with E-state index in [-0.39, 0.29) is 5.91 Å². The van der Waals surface area contributed by atoms with Gasteiger partial charge in [0.05, 0.1) is 5.69 Å². The zero-order valence-corrected chi connectivity index (χ0v) is 8.89. The Kier molecular flexibility index (Phi) is 2.40. The van der Waals surface area contributed by atoms with E-state index >= 15 is 0 Å². The molecule has 0 saturated carbocycles. The normalized spacial score (nSPS) is 9.87. The number of terminal acetylenes is 1. The number of hydrogen-bond acceptors (Lipinski definition) is 3. The van der Waals surface area contributed by atoms with Crippen LogP contribution in [0.2, 0.25) is 0 Å². The highest BCUT2D eigenvalue weighted by Crippen LogP contribution is 2.33. The molecule has 0 radical (unpaired) electrons. The van der Waals surface area contributed by atoms with Gasteiger partial charge in [-0.25, -0.2) is 4.98 Å². The van der Waals surface area contributed by atoms with Crippen LogP contribution in [0.3, 0.4) is 0 Å². The first-order valence-electron chi connectivity index (χ1n) is 4.34. The number of amides is 1. The number of nitrogens with one attached hydrogen (secondary N) is 1. The lowest BCUT2D eigenvalue weighted by atomic mass is 10.2. The fourth-order valence-corrected chi connectivity index (χ4v) is 2.24. The number of carbonyl (C=O) groups is 1. The summed E-state index contributed by atoms with van der Waals surface area (Å²) in [4.78, 5) is 16.8. The summed E-state index contributed by atoms with van der Waals surface area (Å²) in [6.07, 6.45) is 7.08. The molecule has 0 bridgehead atoms. The Morgan fingerprint density at radius 1 is 1.67 bits per heavy atom. The third-order valence-corrected chi connectivity index (χ3v) is 2.94. The third-order valence-electron chi connectivity index (χ3n) is 1.90. The molecular weight excluding hydrogens is 208 g/mol. The maximum Gasteiger partial charge on any atom is 0.221 e. The lowest BCUT2D eigenvalue weighted by Crippen LogP contribution is -2.06. The molecule has 1 amide bonds. The molecule has 0 atom stereocenters. The Bertz CT molecular complexity index is 565. The molecule has 0 fully saturated rings. The summed E-state index contributed by atoms with van der Waals surface area (Å²) in [6, 6.07) is 3.71. The van der Waals surface area contributed by atoms with Crippen molar-refractivity contribution in [3.8, 4) is 12.3 Å². The molecule has 1 N–H and O–H groups in total. The zero-order valence-electron chi connectivity index (χ0n) is 8.07. The van der Waals surface area contributed by atoms with Crippen molar-refractivity contribution in [1.29, 1.82) is 0 Å². The molecule has 0 aliphatic carbocycles. The summed E-state index contributed by atoms with van der Waals surface area (Å²) < 4.78 is 0. The van der Waals surface area contributed by atoms with Crippen LogP contribution in [0.25, 0.3) is 10.2 Å². The van der Waals surface area contributed by atoms with Crippen LogP contribution in [0.15, 0.2) is 18.3 Å². The van der Waals surface area contributed by atoms with E-state index in [1.54, 1.807) is 6.20 Å². The van der Waals surface area contributed by atoms with Crippen LogP contribution in [0, 0.1) is 12.3 Å². The summed E-state index contributed by atoms with van der Waals surface area (Å²) in [5.74, 6) is 2.42. The first-order chi connectivity index (χ1) is 7.22. The summed E-state index contributed by atoms with van der Waals surface area (Å²) in [5.41, 5.74) is 0.693. The summed E-state index contributed by atoms with van der Waals surface area (Å²) in [7, 11) is 0. The van der Waals surface area contributed by atoms with E-state index in [0.29, 0.717) is 10.6 Å². The Morgan fingerprint density at radius 2 is 2.47 bits per heavy atom. The molecule has 0 spiro atoms. The molecule has 2 aromatic heterocycles. The second-order valence-corrected chi connectivity index (χ2v) is 3.99. The first-order valence-corrected chi connectivity index (χ1v) is 5.15. The van der Waals surface area contributed by atoms with Gasteiger partial charge in [-0.15, -0.1) is 17.8 Å². The molecule has 0 saturated heterocycles. The standard InChI is InChI=1S/C11H8N2OS/c1-3-9-10(13-7(2)14)8-5-4-6-12-11(8)15-9/h1,4-6H,2H3,(H,13,14). The van der Waals surface area contributed by atoms with Gasteiger partial charge in [0.15, 0.2) is 0 Å². The summed E-state index contributed by atoms with van der Waals surface area (Å²) >= 11 is 1.40. The smallest absolute Gasteiger partial charge is 0.221 e. The average molecular weight is 216 g/mol. The summed E-state index contributed by atoms with van der Waals surface area (Å²) in [6.45, 7) is 1.46. The van der Waals surface area contributed by atoms with E-state index < -0.39 is 0 Å².